The van der Waals surface area contributed by atoms with Gasteiger partial charge in [0.2, 0.25) is 5.91 Å². The van der Waals surface area contributed by atoms with Crippen molar-refractivity contribution >= 4 is 23.3 Å². The molecule has 204 valence electrons. The van der Waals surface area contributed by atoms with Crippen LogP contribution < -0.4 is 15.5 Å². The quantitative estimate of drug-likeness (QED) is 0.547. The van der Waals surface area contributed by atoms with Crippen LogP contribution in [-0.2, 0) is 16.6 Å². The summed E-state index contributed by atoms with van der Waals surface area (Å²) in [7, 11) is 1.74. The van der Waals surface area contributed by atoms with Gasteiger partial charge < -0.3 is 20.3 Å². The van der Waals surface area contributed by atoms with Crippen LogP contribution in [0.5, 0.6) is 0 Å². The number of aromatic nitrogens is 3. The van der Waals surface area contributed by atoms with Crippen molar-refractivity contribution in [2.75, 3.05) is 30.0 Å². The zero-order valence-electron chi connectivity index (χ0n) is 22.6. The number of pyridine rings is 1. The number of rotatable bonds is 8. The van der Waals surface area contributed by atoms with E-state index in [9.17, 15) is 9.59 Å². The van der Waals surface area contributed by atoms with Crippen LogP contribution in [-0.4, -0.2) is 57.9 Å². The molecule has 2 atom stereocenters. The minimum atomic E-state index is -0.615. The van der Waals surface area contributed by atoms with Crippen molar-refractivity contribution in [3.63, 3.8) is 0 Å². The molecule has 0 aromatic carbocycles. The first-order valence-corrected chi connectivity index (χ1v) is 14.3. The molecule has 0 bridgehead atoms. The van der Waals surface area contributed by atoms with Gasteiger partial charge in [-0.05, 0) is 61.1 Å². The molecular weight excluding hydrogens is 480 g/mol. The van der Waals surface area contributed by atoms with E-state index in [0.29, 0.717) is 23.9 Å². The SMILES string of the molecule is Cn1nccc1C(=O)N[C@H](C(=O)Nc1ccc(N2CCOCC23CCCC3)nc1)C(C1CCC1)C1(C)CC1. The molecule has 2 amide bonds. The fourth-order valence-corrected chi connectivity index (χ4v) is 7.08. The summed E-state index contributed by atoms with van der Waals surface area (Å²) in [4.78, 5) is 34.3. The second-order valence-electron chi connectivity index (χ2n) is 12.2. The Morgan fingerprint density at radius 1 is 1.11 bits per heavy atom. The van der Waals surface area contributed by atoms with E-state index in [-0.39, 0.29) is 28.7 Å². The smallest absolute Gasteiger partial charge is 0.270 e. The van der Waals surface area contributed by atoms with E-state index >= 15 is 0 Å². The van der Waals surface area contributed by atoms with Crippen LogP contribution in [0.2, 0.25) is 0 Å². The summed E-state index contributed by atoms with van der Waals surface area (Å²) in [5.74, 6) is 1.07. The molecule has 9 heteroatoms. The molecule has 9 nitrogen and oxygen atoms in total. The van der Waals surface area contributed by atoms with Crippen molar-refractivity contribution in [1.29, 1.82) is 0 Å². The van der Waals surface area contributed by atoms with E-state index in [2.05, 4.69) is 27.6 Å². The predicted molar refractivity (Wildman–Crippen MR) is 145 cm³/mol. The molecule has 3 aliphatic carbocycles. The van der Waals surface area contributed by atoms with Gasteiger partial charge in [0.1, 0.15) is 17.6 Å². The van der Waals surface area contributed by atoms with Crippen molar-refractivity contribution in [2.24, 2.45) is 24.3 Å². The highest BCUT2D eigenvalue weighted by molar-refractivity contribution is 6.00. The van der Waals surface area contributed by atoms with E-state index in [1.54, 1.807) is 30.2 Å². The van der Waals surface area contributed by atoms with Gasteiger partial charge in [-0.25, -0.2) is 4.98 Å². The summed E-state index contributed by atoms with van der Waals surface area (Å²) in [5.41, 5.74) is 1.24. The lowest BCUT2D eigenvalue weighted by Gasteiger charge is -2.45. The molecule has 2 aromatic rings. The average molecular weight is 521 g/mol. The minimum Gasteiger partial charge on any atom is -0.377 e. The molecule has 4 aliphatic rings. The van der Waals surface area contributed by atoms with E-state index in [1.807, 2.05) is 12.1 Å². The van der Waals surface area contributed by atoms with Crippen LogP contribution in [0.25, 0.3) is 0 Å². The zero-order valence-corrected chi connectivity index (χ0v) is 22.6. The van der Waals surface area contributed by atoms with E-state index in [0.717, 1.165) is 57.5 Å². The maximum Gasteiger partial charge on any atom is 0.270 e. The van der Waals surface area contributed by atoms with Crippen LogP contribution in [0.4, 0.5) is 11.5 Å². The number of ether oxygens (including phenoxy) is 1. The molecular formula is C29H40N6O3. The molecule has 6 rings (SSSR count). The number of amides is 2. The van der Waals surface area contributed by atoms with Crippen molar-refractivity contribution < 1.29 is 14.3 Å². The monoisotopic (exact) mass is 520 g/mol. The summed E-state index contributed by atoms with van der Waals surface area (Å²) in [5, 5.41) is 10.4. The fourth-order valence-electron chi connectivity index (χ4n) is 7.08. The summed E-state index contributed by atoms with van der Waals surface area (Å²) in [6.07, 6.45) is 13.7. The minimum absolute atomic E-state index is 0.0485. The van der Waals surface area contributed by atoms with E-state index in [4.69, 9.17) is 9.72 Å². The summed E-state index contributed by atoms with van der Waals surface area (Å²) in [6.45, 7) is 4.57. The van der Waals surface area contributed by atoms with Gasteiger partial charge in [0, 0.05) is 19.8 Å². The van der Waals surface area contributed by atoms with Crippen LogP contribution >= 0.6 is 0 Å². The lowest BCUT2D eigenvalue weighted by molar-refractivity contribution is -0.121. The van der Waals surface area contributed by atoms with Crippen LogP contribution in [0.3, 0.4) is 0 Å². The highest BCUT2D eigenvalue weighted by atomic mass is 16.5. The van der Waals surface area contributed by atoms with Crippen LogP contribution in [0.15, 0.2) is 30.6 Å². The van der Waals surface area contributed by atoms with Crippen LogP contribution in [0, 0.1) is 17.3 Å². The molecule has 2 N–H and O–H groups in total. The first-order valence-electron chi connectivity index (χ1n) is 14.3. The molecule has 1 aliphatic heterocycles. The number of aryl methyl sites for hydroxylation is 1. The van der Waals surface area contributed by atoms with Gasteiger partial charge in [0.15, 0.2) is 0 Å². The van der Waals surface area contributed by atoms with Crippen molar-refractivity contribution in [3.05, 3.63) is 36.3 Å². The number of nitrogens with zero attached hydrogens (tertiary/aromatic N) is 4. The molecule has 4 fully saturated rings. The second kappa shape index (κ2) is 9.98. The first-order chi connectivity index (χ1) is 18.4. The van der Waals surface area contributed by atoms with Gasteiger partial charge in [0.05, 0.1) is 30.6 Å². The van der Waals surface area contributed by atoms with Gasteiger partial charge in [0.25, 0.3) is 5.91 Å². The van der Waals surface area contributed by atoms with Crippen LogP contribution in [0.1, 0.15) is 75.2 Å². The Morgan fingerprint density at radius 2 is 1.89 bits per heavy atom. The molecule has 3 saturated carbocycles. The molecule has 0 radical (unpaired) electrons. The van der Waals surface area contributed by atoms with E-state index < -0.39 is 6.04 Å². The Kier molecular flexibility index (Phi) is 6.66. The number of hydrogen-bond acceptors (Lipinski definition) is 6. The second-order valence-corrected chi connectivity index (χ2v) is 12.2. The number of carbonyl (C=O) groups is 2. The van der Waals surface area contributed by atoms with Gasteiger partial charge in [-0.1, -0.05) is 39.0 Å². The Labute approximate surface area is 224 Å². The standard InChI is InChI=1S/C29H40N6O3/c1-28(13-14-28)24(20-6-5-7-20)25(33-26(36)22-10-15-31-34(22)2)27(37)32-21-8-9-23(30-18-21)35-16-17-38-19-29(35)11-3-4-12-29/h8-10,15,18,20,24-25H,3-7,11-14,16-17,19H2,1-2H3,(H,32,37)(H,33,36)/t24?,25-/m0/s1. The zero-order chi connectivity index (χ0) is 26.3. The third kappa shape index (κ3) is 4.70. The summed E-state index contributed by atoms with van der Waals surface area (Å²) in [6, 6.07) is 5.02. The molecule has 3 heterocycles. The summed E-state index contributed by atoms with van der Waals surface area (Å²) >= 11 is 0. The lowest BCUT2D eigenvalue weighted by atomic mass is 9.66. The lowest BCUT2D eigenvalue weighted by Crippen LogP contribution is -2.55. The molecule has 2 aromatic heterocycles. The topological polar surface area (TPSA) is 101 Å². The third-order valence-corrected chi connectivity index (χ3v) is 9.71. The molecule has 1 unspecified atom stereocenters. The van der Waals surface area contributed by atoms with Crippen molar-refractivity contribution in [2.45, 2.75) is 76.3 Å². The fraction of sp³-hybridized carbons (Fsp3) is 0.655. The van der Waals surface area contributed by atoms with Gasteiger partial charge >= 0.3 is 0 Å². The Hall–Kier alpha value is -2.94. The average Bonchev–Trinajstić information content (AvgIpc) is 3.23. The number of hydrogen-bond donors (Lipinski definition) is 2. The number of nitrogens with one attached hydrogen (secondary N) is 2. The number of morpholine rings is 1. The summed E-state index contributed by atoms with van der Waals surface area (Å²) < 4.78 is 7.40. The Bertz CT molecular complexity index is 1160. The predicted octanol–water partition coefficient (Wildman–Crippen LogP) is 3.92. The largest absolute Gasteiger partial charge is 0.377 e. The molecule has 1 saturated heterocycles. The first kappa shape index (κ1) is 25.3. The number of carbonyl (C=O) groups excluding carboxylic acids is 2. The van der Waals surface area contributed by atoms with Crippen molar-refractivity contribution in [3.8, 4) is 0 Å². The third-order valence-electron chi connectivity index (χ3n) is 9.71. The van der Waals surface area contributed by atoms with Gasteiger partial charge in [-0.2, -0.15) is 5.10 Å². The van der Waals surface area contributed by atoms with E-state index in [1.165, 1.54) is 19.3 Å². The van der Waals surface area contributed by atoms with Gasteiger partial charge in [-0.3, -0.25) is 14.3 Å². The molecule has 38 heavy (non-hydrogen) atoms. The van der Waals surface area contributed by atoms with Crippen molar-refractivity contribution in [1.82, 2.24) is 20.1 Å². The Balaban J connectivity index is 1.21. The maximum absolute atomic E-state index is 13.9. The Morgan fingerprint density at radius 3 is 2.50 bits per heavy atom. The molecule has 1 spiro atoms. The highest BCUT2D eigenvalue weighted by Gasteiger charge is 2.54. The number of anilines is 2. The van der Waals surface area contributed by atoms with Gasteiger partial charge in [-0.15, -0.1) is 0 Å². The maximum atomic E-state index is 13.9. The highest BCUT2D eigenvalue weighted by Crippen LogP contribution is 2.58. The normalized spacial score (nSPS) is 23.5.